The van der Waals surface area contributed by atoms with Gasteiger partial charge >= 0.3 is 0 Å². The molecule has 3 N–H and O–H groups in total. The van der Waals surface area contributed by atoms with E-state index in [4.69, 9.17) is 15.6 Å². The fraction of sp³-hybridized carbons (Fsp3) is 0.917. The van der Waals surface area contributed by atoms with E-state index in [-0.39, 0.29) is 12.2 Å². The monoisotopic (exact) mass is 240 g/mol. The summed E-state index contributed by atoms with van der Waals surface area (Å²) in [5, 5.41) is 0. The highest BCUT2D eigenvalue weighted by atomic mass is 16.5. The number of nitrogens with zero attached hydrogens (tertiary/aromatic N) is 2. The summed E-state index contributed by atoms with van der Waals surface area (Å²) in [7, 11) is 0. The molecule has 1 aliphatic carbocycles. The number of hydrogen-bond donors (Lipinski definition) is 2. The van der Waals surface area contributed by atoms with Crippen LogP contribution in [0.2, 0.25) is 0 Å². The Morgan fingerprint density at radius 2 is 1.82 bits per heavy atom. The van der Waals surface area contributed by atoms with Gasteiger partial charge in [0.1, 0.15) is 0 Å². The third kappa shape index (κ3) is 3.33. The van der Waals surface area contributed by atoms with Crippen molar-refractivity contribution >= 4 is 5.96 Å². The van der Waals surface area contributed by atoms with Crippen LogP contribution in [-0.2, 0) is 4.74 Å². The second-order valence-corrected chi connectivity index (χ2v) is 5.20. The summed E-state index contributed by atoms with van der Waals surface area (Å²) in [4.78, 5) is 6.94. The predicted octanol–water partition coefficient (Wildman–Crippen LogP) is 0.858. The minimum atomic E-state index is 0.237. The lowest BCUT2D eigenvalue weighted by Crippen LogP contribution is -2.54. The van der Waals surface area contributed by atoms with Crippen molar-refractivity contribution in [1.82, 2.24) is 10.3 Å². The molecule has 17 heavy (non-hydrogen) atoms. The van der Waals surface area contributed by atoms with Gasteiger partial charge in [-0.05, 0) is 26.7 Å². The third-order valence-electron chi connectivity index (χ3n) is 3.48. The van der Waals surface area contributed by atoms with E-state index in [2.05, 4.69) is 24.2 Å². The number of hydrazine groups is 1. The van der Waals surface area contributed by atoms with Crippen LogP contribution >= 0.6 is 0 Å². The summed E-state index contributed by atoms with van der Waals surface area (Å²) in [5.41, 5.74) is 2.76. The Morgan fingerprint density at radius 3 is 2.35 bits per heavy atom. The molecule has 0 aromatic carbocycles. The van der Waals surface area contributed by atoms with Crippen molar-refractivity contribution in [1.29, 1.82) is 0 Å². The van der Waals surface area contributed by atoms with Crippen molar-refractivity contribution in [3.05, 3.63) is 0 Å². The van der Waals surface area contributed by atoms with E-state index >= 15 is 0 Å². The second kappa shape index (κ2) is 5.69. The zero-order valence-electron chi connectivity index (χ0n) is 10.9. The van der Waals surface area contributed by atoms with Gasteiger partial charge in [0, 0.05) is 13.1 Å². The molecule has 98 valence electrons. The number of aliphatic imine (C=N–C) groups is 1. The third-order valence-corrected chi connectivity index (χ3v) is 3.48. The SMILES string of the molecule is CC1CN(C(=NC2CCCC2)NN)CC(C)O1. The Kier molecular flexibility index (Phi) is 4.23. The lowest BCUT2D eigenvalue weighted by molar-refractivity contribution is -0.0490. The van der Waals surface area contributed by atoms with Gasteiger partial charge in [-0.3, -0.25) is 5.43 Å². The molecule has 1 saturated heterocycles. The number of guanidine groups is 1. The van der Waals surface area contributed by atoms with Crippen LogP contribution in [0.15, 0.2) is 4.99 Å². The van der Waals surface area contributed by atoms with E-state index in [1.807, 2.05) is 0 Å². The van der Waals surface area contributed by atoms with Crippen molar-refractivity contribution in [2.45, 2.75) is 57.8 Å². The first-order valence-corrected chi connectivity index (χ1v) is 6.64. The molecule has 0 radical (unpaired) electrons. The molecule has 0 aromatic rings. The van der Waals surface area contributed by atoms with Crippen LogP contribution in [0.5, 0.6) is 0 Å². The van der Waals surface area contributed by atoms with E-state index in [1.165, 1.54) is 25.7 Å². The van der Waals surface area contributed by atoms with Crippen LogP contribution in [0.4, 0.5) is 0 Å². The largest absolute Gasteiger partial charge is 0.372 e. The first-order chi connectivity index (χ1) is 8.19. The average molecular weight is 240 g/mol. The van der Waals surface area contributed by atoms with Gasteiger partial charge in [-0.1, -0.05) is 12.8 Å². The average Bonchev–Trinajstić information content (AvgIpc) is 2.77. The van der Waals surface area contributed by atoms with Crippen molar-refractivity contribution < 1.29 is 4.74 Å². The molecule has 1 aliphatic heterocycles. The summed E-state index contributed by atoms with van der Waals surface area (Å²) < 4.78 is 5.72. The molecule has 2 atom stereocenters. The van der Waals surface area contributed by atoms with Gasteiger partial charge in [0.2, 0.25) is 5.96 Å². The van der Waals surface area contributed by atoms with Crippen molar-refractivity contribution in [2.75, 3.05) is 13.1 Å². The number of nitrogens with one attached hydrogen (secondary N) is 1. The van der Waals surface area contributed by atoms with Crippen molar-refractivity contribution in [3.63, 3.8) is 0 Å². The van der Waals surface area contributed by atoms with E-state index in [0.29, 0.717) is 6.04 Å². The van der Waals surface area contributed by atoms with Crippen molar-refractivity contribution in [2.24, 2.45) is 10.8 Å². The quantitative estimate of drug-likeness (QED) is 0.309. The number of hydrogen-bond acceptors (Lipinski definition) is 3. The lowest BCUT2D eigenvalue weighted by atomic mass is 10.2. The smallest absolute Gasteiger partial charge is 0.208 e. The minimum absolute atomic E-state index is 0.237. The molecule has 1 saturated carbocycles. The molecule has 0 amide bonds. The maximum atomic E-state index is 5.72. The Bertz CT molecular complexity index is 266. The fourth-order valence-corrected chi connectivity index (χ4v) is 2.77. The van der Waals surface area contributed by atoms with Gasteiger partial charge in [0.15, 0.2) is 0 Å². The highest BCUT2D eigenvalue weighted by molar-refractivity contribution is 5.79. The normalized spacial score (nSPS) is 31.9. The topological polar surface area (TPSA) is 62.9 Å². The van der Waals surface area contributed by atoms with Crippen molar-refractivity contribution in [3.8, 4) is 0 Å². The van der Waals surface area contributed by atoms with Gasteiger partial charge in [-0.25, -0.2) is 10.8 Å². The maximum Gasteiger partial charge on any atom is 0.208 e. The molecule has 0 aromatic heterocycles. The van der Waals surface area contributed by atoms with E-state index < -0.39 is 0 Å². The van der Waals surface area contributed by atoms with Crippen LogP contribution in [0.3, 0.4) is 0 Å². The summed E-state index contributed by atoms with van der Waals surface area (Å²) in [5.74, 6) is 6.44. The molecule has 2 fully saturated rings. The first kappa shape index (κ1) is 12.6. The van der Waals surface area contributed by atoms with Crippen LogP contribution < -0.4 is 11.3 Å². The summed E-state index contributed by atoms with van der Waals surface area (Å²) in [6.45, 7) is 5.90. The Morgan fingerprint density at radius 1 is 1.24 bits per heavy atom. The zero-order chi connectivity index (χ0) is 12.3. The van der Waals surface area contributed by atoms with Gasteiger partial charge in [0.25, 0.3) is 0 Å². The van der Waals surface area contributed by atoms with Crippen LogP contribution in [0.1, 0.15) is 39.5 Å². The number of nitrogens with two attached hydrogens (primary N) is 1. The molecule has 0 spiro atoms. The molecular weight excluding hydrogens is 216 g/mol. The molecule has 2 unspecified atom stereocenters. The molecule has 2 aliphatic rings. The number of rotatable bonds is 1. The summed E-state index contributed by atoms with van der Waals surface area (Å²) in [6.07, 6.45) is 5.45. The number of ether oxygens (including phenoxy) is 1. The Labute approximate surface area is 103 Å². The highest BCUT2D eigenvalue weighted by Gasteiger charge is 2.25. The van der Waals surface area contributed by atoms with Gasteiger partial charge in [0.05, 0.1) is 18.2 Å². The Hall–Kier alpha value is -0.810. The molecule has 5 heteroatoms. The highest BCUT2D eigenvalue weighted by Crippen LogP contribution is 2.21. The Balaban J connectivity index is 2.01. The number of morpholine rings is 1. The summed E-state index contributed by atoms with van der Waals surface area (Å²) in [6, 6.07) is 0.453. The molecule has 5 nitrogen and oxygen atoms in total. The molecule has 0 bridgehead atoms. The summed E-state index contributed by atoms with van der Waals surface area (Å²) >= 11 is 0. The van der Waals surface area contributed by atoms with Crippen LogP contribution in [0, 0.1) is 0 Å². The van der Waals surface area contributed by atoms with E-state index in [9.17, 15) is 0 Å². The maximum absolute atomic E-state index is 5.72. The van der Waals surface area contributed by atoms with Gasteiger partial charge in [-0.2, -0.15) is 0 Å². The first-order valence-electron chi connectivity index (χ1n) is 6.64. The molecular formula is C12H24N4O. The second-order valence-electron chi connectivity index (χ2n) is 5.20. The fourth-order valence-electron chi connectivity index (χ4n) is 2.77. The lowest BCUT2D eigenvalue weighted by Gasteiger charge is -2.37. The van der Waals surface area contributed by atoms with E-state index in [0.717, 1.165) is 19.0 Å². The van der Waals surface area contributed by atoms with Crippen LogP contribution in [0.25, 0.3) is 0 Å². The minimum Gasteiger partial charge on any atom is -0.372 e. The van der Waals surface area contributed by atoms with E-state index in [1.54, 1.807) is 0 Å². The van der Waals surface area contributed by atoms with Crippen LogP contribution in [-0.4, -0.2) is 42.2 Å². The molecule has 2 rings (SSSR count). The molecule has 1 heterocycles. The predicted molar refractivity (Wildman–Crippen MR) is 68.6 cm³/mol. The van der Waals surface area contributed by atoms with Gasteiger partial charge in [-0.15, -0.1) is 0 Å². The standard InChI is InChI=1S/C12H24N4O/c1-9-7-16(8-10(2)17-9)12(15-13)14-11-5-3-4-6-11/h9-11H,3-8,13H2,1-2H3,(H,14,15). The van der Waals surface area contributed by atoms with Gasteiger partial charge < -0.3 is 9.64 Å². The zero-order valence-corrected chi connectivity index (χ0v) is 10.9.